The summed E-state index contributed by atoms with van der Waals surface area (Å²) in [5.74, 6) is -0.515. The normalized spacial score (nSPS) is 20.8. The summed E-state index contributed by atoms with van der Waals surface area (Å²) in [5, 5.41) is 8.98. The van der Waals surface area contributed by atoms with Gasteiger partial charge in [-0.15, -0.1) is 0 Å². The highest BCUT2D eigenvalue weighted by Gasteiger charge is 2.52. The topological polar surface area (TPSA) is 55.1 Å². The van der Waals surface area contributed by atoms with E-state index in [-0.39, 0.29) is 5.69 Å². The average Bonchev–Trinajstić information content (AvgIpc) is 2.48. The van der Waals surface area contributed by atoms with Crippen LogP contribution in [0.4, 0.5) is 4.39 Å². The number of nitrogens with zero attached hydrogens (tertiary/aromatic N) is 2. The van der Waals surface area contributed by atoms with Crippen LogP contribution in [0.25, 0.3) is 0 Å². The third kappa shape index (κ3) is 2.00. The molecule has 0 saturated carbocycles. The number of aromatic nitrogens is 1. The number of pyridine rings is 1. The smallest absolute Gasteiger partial charge is 0.399 e. The standard InChI is InChI=1S/C12H14BFN2O2/c1-11(2)12(3,4)18-13(17-11)9-5-8(14)7-16-10(9)6-15/h5,7H,1-4H3. The van der Waals surface area contributed by atoms with Gasteiger partial charge in [0, 0.05) is 5.46 Å². The monoisotopic (exact) mass is 248 g/mol. The van der Waals surface area contributed by atoms with Crippen molar-refractivity contribution >= 4 is 12.6 Å². The van der Waals surface area contributed by atoms with E-state index in [0.29, 0.717) is 5.46 Å². The van der Waals surface area contributed by atoms with Gasteiger partial charge in [0.2, 0.25) is 0 Å². The molecule has 1 aromatic heterocycles. The molecule has 2 rings (SSSR count). The second kappa shape index (κ2) is 4.04. The van der Waals surface area contributed by atoms with Gasteiger partial charge in [0.05, 0.1) is 17.4 Å². The van der Waals surface area contributed by atoms with Gasteiger partial charge in [-0.3, -0.25) is 0 Å². The van der Waals surface area contributed by atoms with E-state index >= 15 is 0 Å². The highest BCUT2D eigenvalue weighted by Crippen LogP contribution is 2.36. The summed E-state index contributed by atoms with van der Waals surface area (Å²) in [6, 6.07) is 3.15. The van der Waals surface area contributed by atoms with Crippen molar-refractivity contribution in [2.45, 2.75) is 38.9 Å². The van der Waals surface area contributed by atoms with Gasteiger partial charge in [-0.2, -0.15) is 5.26 Å². The summed E-state index contributed by atoms with van der Waals surface area (Å²) >= 11 is 0. The fourth-order valence-electron chi connectivity index (χ4n) is 1.70. The van der Waals surface area contributed by atoms with Crippen LogP contribution in [0.15, 0.2) is 12.3 Å². The van der Waals surface area contributed by atoms with Crippen molar-refractivity contribution in [3.05, 3.63) is 23.8 Å². The Hall–Kier alpha value is -1.45. The number of hydrogen-bond acceptors (Lipinski definition) is 4. The maximum Gasteiger partial charge on any atom is 0.497 e. The predicted octanol–water partition coefficient (Wildman–Crippen LogP) is 1.39. The van der Waals surface area contributed by atoms with Gasteiger partial charge in [-0.1, -0.05) is 0 Å². The summed E-state index contributed by atoms with van der Waals surface area (Å²) in [5.41, 5.74) is -0.612. The molecular weight excluding hydrogens is 234 g/mol. The van der Waals surface area contributed by atoms with E-state index < -0.39 is 24.1 Å². The summed E-state index contributed by atoms with van der Waals surface area (Å²) < 4.78 is 24.8. The maximum absolute atomic E-state index is 13.2. The molecular formula is C12H14BFN2O2. The molecule has 0 radical (unpaired) electrons. The van der Waals surface area contributed by atoms with Crippen molar-refractivity contribution < 1.29 is 13.7 Å². The summed E-state index contributed by atoms with van der Waals surface area (Å²) in [6.07, 6.45) is 1.01. The molecule has 18 heavy (non-hydrogen) atoms. The highest BCUT2D eigenvalue weighted by molar-refractivity contribution is 6.62. The lowest BCUT2D eigenvalue weighted by molar-refractivity contribution is 0.00578. The van der Waals surface area contributed by atoms with Crippen LogP contribution < -0.4 is 5.46 Å². The van der Waals surface area contributed by atoms with Crippen LogP contribution in [-0.2, 0) is 9.31 Å². The zero-order valence-corrected chi connectivity index (χ0v) is 10.8. The van der Waals surface area contributed by atoms with Gasteiger partial charge in [0.1, 0.15) is 17.6 Å². The van der Waals surface area contributed by atoms with Gasteiger partial charge in [0.25, 0.3) is 0 Å². The van der Waals surface area contributed by atoms with Crippen molar-refractivity contribution in [1.29, 1.82) is 5.26 Å². The second-order valence-electron chi connectivity index (χ2n) is 5.29. The minimum absolute atomic E-state index is 0.120. The quantitative estimate of drug-likeness (QED) is 0.704. The third-order valence-electron chi connectivity index (χ3n) is 3.50. The van der Waals surface area contributed by atoms with Crippen LogP contribution in [-0.4, -0.2) is 23.3 Å². The lowest BCUT2D eigenvalue weighted by Crippen LogP contribution is -2.41. The van der Waals surface area contributed by atoms with E-state index in [9.17, 15) is 4.39 Å². The Kier molecular flexibility index (Phi) is 2.92. The molecule has 4 nitrogen and oxygen atoms in total. The molecule has 1 saturated heterocycles. The molecule has 0 unspecified atom stereocenters. The molecule has 0 aromatic carbocycles. The molecule has 1 aliphatic heterocycles. The molecule has 94 valence electrons. The van der Waals surface area contributed by atoms with E-state index in [4.69, 9.17) is 14.6 Å². The van der Waals surface area contributed by atoms with Crippen molar-refractivity contribution in [3.63, 3.8) is 0 Å². The fourth-order valence-corrected chi connectivity index (χ4v) is 1.70. The van der Waals surface area contributed by atoms with Crippen molar-refractivity contribution in [1.82, 2.24) is 4.98 Å². The lowest BCUT2D eigenvalue weighted by atomic mass is 9.78. The van der Waals surface area contributed by atoms with Crippen molar-refractivity contribution in [3.8, 4) is 6.07 Å². The number of halogens is 1. The van der Waals surface area contributed by atoms with Gasteiger partial charge in [0.15, 0.2) is 0 Å². The summed E-state index contributed by atoms with van der Waals surface area (Å²) in [4.78, 5) is 3.74. The molecule has 0 spiro atoms. The Balaban J connectivity index is 2.41. The first-order valence-corrected chi connectivity index (χ1v) is 5.68. The van der Waals surface area contributed by atoms with E-state index in [2.05, 4.69) is 4.98 Å². The third-order valence-corrected chi connectivity index (χ3v) is 3.50. The van der Waals surface area contributed by atoms with Gasteiger partial charge >= 0.3 is 7.12 Å². The zero-order valence-electron chi connectivity index (χ0n) is 10.8. The average molecular weight is 248 g/mol. The molecule has 0 amide bonds. The van der Waals surface area contributed by atoms with Crippen LogP contribution in [0, 0.1) is 17.1 Å². The molecule has 1 aliphatic rings. The second-order valence-corrected chi connectivity index (χ2v) is 5.29. The summed E-state index contributed by atoms with van der Waals surface area (Å²) in [6.45, 7) is 7.58. The minimum Gasteiger partial charge on any atom is -0.399 e. The zero-order chi connectivity index (χ0) is 13.6. The van der Waals surface area contributed by atoms with E-state index in [1.54, 1.807) is 0 Å². The van der Waals surface area contributed by atoms with Crippen LogP contribution >= 0.6 is 0 Å². The molecule has 2 heterocycles. The predicted molar refractivity (Wildman–Crippen MR) is 64.6 cm³/mol. The van der Waals surface area contributed by atoms with Gasteiger partial charge in [-0.05, 0) is 33.8 Å². The SMILES string of the molecule is CC1(C)OB(c2cc(F)cnc2C#N)OC1(C)C. The van der Waals surface area contributed by atoms with Gasteiger partial charge < -0.3 is 9.31 Å². The highest BCUT2D eigenvalue weighted by atomic mass is 19.1. The minimum atomic E-state index is -0.771. The largest absolute Gasteiger partial charge is 0.497 e. The number of nitriles is 1. The van der Waals surface area contributed by atoms with Crippen molar-refractivity contribution in [2.75, 3.05) is 0 Å². The number of hydrogen-bond donors (Lipinski definition) is 0. The van der Waals surface area contributed by atoms with E-state index in [1.165, 1.54) is 6.07 Å². The first-order chi connectivity index (χ1) is 8.27. The van der Waals surface area contributed by atoms with Crippen LogP contribution in [0.5, 0.6) is 0 Å². The molecule has 0 atom stereocenters. The Morgan fingerprint density at radius 2 is 1.83 bits per heavy atom. The molecule has 0 bridgehead atoms. The molecule has 0 N–H and O–H groups in total. The molecule has 6 heteroatoms. The van der Waals surface area contributed by atoms with Crippen LogP contribution in [0.3, 0.4) is 0 Å². The first kappa shape index (κ1) is 13.0. The fraction of sp³-hybridized carbons (Fsp3) is 0.500. The Labute approximate surface area is 106 Å². The first-order valence-electron chi connectivity index (χ1n) is 5.68. The van der Waals surface area contributed by atoms with Crippen molar-refractivity contribution in [2.24, 2.45) is 0 Å². The maximum atomic E-state index is 13.2. The Morgan fingerprint density at radius 1 is 1.28 bits per heavy atom. The van der Waals surface area contributed by atoms with Crippen LogP contribution in [0.2, 0.25) is 0 Å². The van der Waals surface area contributed by atoms with E-state index in [1.807, 2.05) is 33.8 Å². The molecule has 1 fully saturated rings. The Morgan fingerprint density at radius 3 is 2.33 bits per heavy atom. The van der Waals surface area contributed by atoms with E-state index in [0.717, 1.165) is 6.20 Å². The number of rotatable bonds is 1. The Bertz CT molecular complexity index is 509. The molecule has 1 aromatic rings. The summed E-state index contributed by atoms with van der Waals surface area (Å²) in [7, 11) is -0.771. The van der Waals surface area contributed by atoms with Gasteiger partial charge in [-0.25, -0.2) is 9.37 Å². The lowest BCUT2D eigenvalue weighted by Gasteiger charge is -2.32. The van der Waals surface area contributed by atoms with Crippen LogP contribution in [0.1, 0.15) is 33.4 Å². The molecule has 0 aliphatic carbocycles.